The van der Waals surface area contributed by atoms with Crippen molar-refractivity contribution < 1.29 is 0 Å². The molecule has 0 amide bonds. The maximum absolute atomic E-state index is 5.81. The number of nitrogens with one attached hydrogen (secondary N) is 2. The summed E-state index contributed by atoms with van der Waals surface area (Å²) in [6.07, 6.45) is 1.78. The normalized spacial score (nSPS) is 10.8. The van der Waals surface area contributed by atoms with Crippen LogP contribution in [0.3, 0.4) is 0 Å². The molecule has 4 aromatic rings. The highest BCUT2D eigenvalue weighted by atomic mass is 32.2. The highest BCUT2D eigenvalue weighted by Crippen LogP contribution is 2.37. The molecule has 0 unspecified atom stereocenters. The summed E-state index contributed by atoms with van der Waals surface area (Å²) < 4.78 is 0. The van der Waals surface area contributed by atoms with E-state index in [0.29, 0.717) is 0 Å². The number of hydrogen-bond acceptors (Lipinski definition) is 6. The summed E-state index contributed by atoms with van der Waals surface area (Å²) in [6, 6.07) is 20.2. The lowest BCUT2D eigenvalue weighted by atomic mass is 10.2. The molecule has 5 nitrogen and oxygen atoms in total. The average molecular weight is 388 g/mol. The van der Waals surface area contributed by atoms with Crippen molar-refractivity contribution in [3.8, 4) is 0 Å². The number of anilines is 4. The van der Waals surface area contributed by atoms with Gasteiger partial charge in [0.15, 0.2) is 5.65 Å². The fraction of sp³-hybridized carbons (Fsp3) is 0.0909. The van der Waals surface area contributed by atoms with Gasteiger partial charge in [0, 0.05) is 45.5 Å². The molecule has 2 heterocycles. The van der Waals surface area contributed by atoms with Crippen molar-refractivity contribution in [1.82, 2.24) is 9.97 Å². The Morgan fingerprint density at radius 2 is 1.75 bits per heavy atom. The topological polar surface area (TPSA) is 75.9 Å². The Hall–Kier alpha value is -3.25. The van der Waals surface area contributed by atoms with E-state index in [1.807, 2.05) is 50.4 Å². The van der Waals surface area contributed by atoms with Crippen LogP contribution in [0.15, 0.2) is 76.7 Å². The molecule has 0 aliphatic carbocycles. The second kappa shape index (κ2) is 7.78. The lowest BCUT2D eigenvalue weighted by Crippen LogP contribution is -1.98. The van der Waals surface area contributed by atoms with E-state index < -0.39 is 0 Å². The molecule has 0 bridgehead atoms. The fourth-order valence-electron chi connectivity index (χ4n) is 2.91. The van der Waals surface area contributed by atoms with Gasteiger partial charge >= 0.3 is 0 Å². The minimum atomic E-state index is 0.738. The quantitative estimate of drug-likeness (QED) is 0.395. The van der Waals surface area contributed by atoms with E-state index in [1.54, 1.807) is 18.0 Å². The first kappa shape index (κ1) is 18.1. The first-order chi connectivity index (χ1) is 13.6. The molecule has 0 spiro atoms. The van der Waals surface area contributed by atoms with Gasteiger partial charge in [-0.1, -0.05) is 11.8 Å². The molecular weight excluding hydrogens is 366 g/mol. The van der Waals surface area contributed by atoms with E-state index in [1.165, 1.54) is 0 Å². The van der Waals surface area contributed by atoms with Crippen LogP contribution in [-0.2, 0) is 0 Å². The van der Waals surface area contributed by atoms with E-state index in [0.717, 1.165) is 49.3 Å². The molecule has 0 radical (unpaired) electrons. The summed E-state index contributed by atoms with van der Waals surface area (Å²) in [6.45, 7) is 1.97. The number of nitrogen functional groups attached to an aromatic ring is 1. The summed E-state index contributed by atoms with van der Waals surface area (Å²) in [5, 5.41) is 7.77. The van der Waals surface area contributed by atoms with Crippen LogP contribution in [0.1, 0.15) is 5.69 Å². The summed E-state index contributed by atoms with van der Waals surface area (Å²) in [7, 11) is 1.92. The zero-order chi connectivity index (χ0) is 19.5. The molecule has 0 fully saturated rings. The molecule has 140 valence electrons. The van der Waals surface area contributed by atoms with Crippen molar-refractivity contribution >= 4 is 45.5 Å². The number of benzene rings is 2. The molecule has 4 rings (SSSR count). The predicted octanol–water partition coefficient (Wildman–Crippen LogP) is 5.46. The number of rotatable bonds is 5. The van der Waals surface area contributed by atoms with Gasteiger partial charge in [0.25, 0.3) is 0 Å². The number of aromatic nitrogens is 2. The van der Waals surface area contributed by atoms with Gasteiger partial charge in [-0.05, 0) is 67.6 Å². The van der Waals surface area contributed by atoms with Crippen molar-refractivity contribution in [1.29, 1.82) is 0 Å². The summed E-state index contributed by atoms with van der Waals surface area (Å²) in [5.74, 6) is 0. The second-order valence-corrected chi connectivity index (χ2v) is 7.55. The van der Waals surface area contributed by atoms with Crippen LogP contribution in [-0.4, -0.2) is 17.0 Å². The Morgan fingerprint density at radius 3 is 2.54 bits per heavy atom. The summed E-state index contributed by atoms with van der Waals surface area (Å²) >= 11 is 1.69. The van der Waals surface area contributed by atoms with Crippen molar-refractivity contribution in [2.75, 3.05) is 23.4 Å². The van der Waals surface area contributed by atoms with Crippen molar-refractivity contribution in [3.63, 3.8) is 0 Å². The van der Waals surface area contributed by atoms with Crippen LogP contribution >= 0.6 is 11.8 Å². The third kappa shape index (κ3) is 3.87. The number of hydrogen-bond donors (Lipinski definition) is 3. The van der Waals surface area contributed by atoms with E-state index >= 15 is 0 Å². The molecule has 6 heteroatoms. The molecule has 2 aromatic heterocycles. The molecule has 4 N–H and O–H groups in total. The Bertz CT molecular complexity index is 1130. The third-order valence-electron chi connectivity index (χ3n) is 4.39. The van der Waals surface area contributed by atoms with Gasteiger partial charge in [0.05, 0.1) is 11.4 Å². The van der Waals surface area contributed by atoms with Gasteiger partial charge < -0.3 is 16.4 Å². The number of aryl methyl sites for hydroxylation is 1. The number of fused-ring (bicyclic) bond motifs is 1. The van der Waals surface area contributed by atoms with Gasteiger partial charge in [0.2, 0.25) is 0 Å². The molecule has 28 heavy (non-hydrogen) atoms. The van der Waals surface area contributed by atoms with Gasteiger partial charge in [-0.2, -0.15) is 0 Å². The van der Waals surface area contributed by atoms with Crippen LogP contribution in [0.4, 0.5) is 22.7 Å². The molecule has 2 aromatic carbocycles. The molecule has 0 aliphatic rings. The fourth-order valence-corrected chi connectivity index (χ4v) is 3.80. The zero-order valence-corrected chi connectivity index (χ0v) is 16.5. The van der Waals surface area contributed by atoms with Crippen molar-refractivity contribution in [2.45, 2.75) is 16.7 Å². The number of nitrogens with two attached hydrogens (primary N) is 1. The maximum Gasteiger partial charge on any atom is 0.161 e. The van der Waals surface area contributed by atoms with Crippen LogP contribution in [0.2, 0.25) is 0 Å². The minimum absolute atomic E-state index is 0.738. The van der Waals surface area contributed by atoms with Crippen molar-refractivity contribution in [3.05, 3.63) is 72.6 Å². The third-order valence-corrected chi connectivity index (χ3v) is 5.47. The number of pyridine rings is 2. The molecule has 0 aliphatic heterocycles. The first-order valence-corrected chi connectivity index (χ1v) is 9.78. The van der Waals surface area contributed by atoms with E-state index in [-0.39, 0.29) is 0 Å². The van der Waals surface area contributed by atoms with Gasteiger partial charge in [-0.3, -0.25) is 0 Å². The highest BCUT2D eigenvalue weighted by Gasteiger charge is 2.10. The molecule has 0 atom stereocenters. The van der Waals surface area contributed by atoms with Gasteiger partial charge in [0.1, 0.15) is 0 Å². The van der Waals surface area contributed by atoms with Gasteiger partial charge in [-0.25, -0.2) is 9.97 Å². The zero-order valence-electron chi connectivity index (χ0n) is 15.7. The molecule has 0 saturated carbocycles. The highest BCUT2D eigenvalue weighted by molar-refractivity contribution is 7.99. The van der Waals surface area contributed by atoms with E-state index in [9.17, 15) is 0 Å². The lowest BCUT2D eigenvalue weighted by Gasteiger charge is -2.15. The van der Waals surface area contributed by atoms with Crippen LogP contribution in [0.5, 0.6) is 0 Å². The minimum Gasteiger partial charge on any atom is -0.399 e. The Labute approximate surface area is 168 Å². The SMILES string of the molecule is CNc1ccc(Sc2ccc(N)cc2)c(Nc2ccnc3nc(C)ccc23)c1. The standard InChI is InChI=1S/C22H21N5S/c1-14-3-9-18-19(11-12-25-22(18)26-14)27-20-13-16(24-2)6-10-21(20)28-17-7-4-15(23)5-8-17/h3-13,24H,23H2,1-2H3,(H,25,26,27). The summed E-state index contributed by atoms with van der Waals surface area (Å²) in [4.78, 5) is 11.2. The largest absolute Gasteiger partial charge is 0.399 e. The second-order valence-electron chi connectivity index (χ2n) is 6.44. The molecule has 0 saturated heterocycles. The van der Waals surface area contributed by atoms with Gasteiger partial charge in [-0.15, -0.1) is 0 Å². The Balaban J connectivity index is 1.73. The van der Waals surface area contributed by atoms with Crippen LogP contribution < -0.4 is 16.4 Å². The molecular formula is C22H21N5S. The summed E-state index contributed by atoms with van der Waals surface area (Å²) in [5.41, 5.74) is 11.3. The predicted molar refractivity (Wildman–Crippen MR) is 119 cm³/mol. The van der Waals surface area contributed by atoms with E-state index in [4.69, 9.17) is 5.73 Å². The van der Waals surface area contributed by atoms with Crippen molar-refractivity contribution in [2.24, 2.45) is 0 Å². The maximum atomic E-state index is 5.81. The monoisotopic (exact) mass is 387 g/mol. The first-order valence-electron chi connectivity index (χ1n) is 8.97. The Kier molecular flexibility index (Phi) is 5.04. The smallest absolute Gasteiger partial charge is 0.161 e. The van der Waals surface area contributed by atoms with Crippen LogP contribution in [0.25, 0.3) is 11.0 Å². The average Bonchev–Trinajstić information content (AvgIpc) is 2.71. The number of nitrogens with zero attached hydrogens (tertiary/aromatic N) is 2. The Morgan fingerprint density at radius 1 is 0.929 bits per heavy atom. The van der Waals surface area contributed by atoms with Crippen LogP contribution in [0, 0.1) is 6.92 Å². The van der Waals surface area contributed by atoms with E-state index in [2.05, 4.69) is 44.9 Å². The lowest BCUT2D eigenvalue weighted by molar-refractivity contribution is 1.20.